The summed E-state index contributed by atoms with van der Waals surface area (Å²) in [7, 11) is 0. The van der Waals surface area contributed by atoms with E-state index in [0.29, 0.717) is 12.0 Å². The van der Waals surface area contributed by atoms with Crippen LogP contribution < -0.4 is 5.73 Å². The monoisotopic (exact) mass is 252 g/mol. The molecular weight excluding hydrogens is 228 g/mol. The molecule has 2 atom stereocenters. The highest BCUT2D eigenvalue weighted by Gasteiger charge is 2.28. The fourth-order valence-electron chi connectivity index (χ4n) is 3.02. The van der Waals surface area contributed by atoms with Crippen molar-refractivity contribution in [2.45, 2.75) is 45.2 Å². The minimum Gasteiger partial charge on any atom is -0.330 e. The van der Waals surface area contributed by atoms with E-state index in [-0.39, 0.29) is 0 Å². The Hall–Kier alpha value is -0.380. The molecule has 0 radical (unpaired) electrons. The molecule has 1 aromatic heterocycles. The summed E-state index contributed by atoms with van der Waals surface area (Å²) < 4.78 is 0. The van der Waals surface area contributed by atoms with Gasteiger partial charge in [0.25, 0.3) is 0 Å². The van der Waals surface area contributed by atoms with Crippen LogP contribution in [0.2, 0.25) is 0 Å². The van der Waals surface area contributed by atoms with Gasteiger partial charge >= 0.3 is 0 Å². The highest BCUT2D eigenvalue weighted by Crippen LogP contribution is 2.29. The normalized spacial score (nSPS) is 25.4. The Labute approximate surface area is 109 Å². The van der Waals surface area contributed by atoms with Gasteiger partial charge in [-0.05, 0) is 54.2 Å². The molecule has 0 bridgehead atoms. The Bertz CT molecular complexity index is 310. The van der Waals surface area contributed by atoms with E-state index in [9.17, 15) is 0 Å². The zero-order chi connectivity index (χ0) is 12.1. The van der Waals surface area contributed by atoms with Crippen molar-refractivity contribution in [2.24, 2.45) is 11.7 Å². The molecule has 2 rings (SSSR count). The summed E-state index contributed by atoms with van der Waals surface area (Å²) in [6.07, 6.45) is 5.40. The molecule has 2 nitrogen and oxygen atoms in total. The van der Waals surface area contributed by atoms with Crippen molar-refractivity contribution in [1.29, 1.82) is 0 Å². The molecule has 3 heteroatoms. The van der Waals surface area contributed by atoms with E-state index in [1.807, 2.05) is 0 Å². The number of nitrogens with zero attached hydrogens (tertiary/aromatic N) is 1. The van der Waals surface area contributed by atoms with Gasteiger partial charge in [0.2, 0.25) is 0 Å². The molecule has 0 spiro atoms. The molecule has 0 saturated heterocycles. The van der Waals surface area contributed by atoms with Crippen molar-refractivity contribution in [1.82, 2.24) is 4.90 Å². The Morgan fingerprint density at radius 1 is 1.41 bits per heavy atom. The highest BCUT2D eigenvalue weighted by molar-refractivity contribution is 7.07. The quantitative estimate of drug-likeness (QED) is 0.872. The molecule has 0 aliphatic heterocycles. The second kappa shape index (κ2) is 6.53. The summed E-state index contributed by atoms with van der Waals surface area (Å²) in [5.41, 5.74) is 7.39. The summed E-state index contributed by atoms with van der Waals surface area (Å²) in [5.74, 6) is 0.710. The lowest BCUT2D eigenvalue weighted by atomic mass is 9.83. The molecule has 1 aromatic rings. The van der Waals surface area contributed by atoms with E-state index >= 15 is 0 Å². The summed E-state index contributed by atoms with van der Waals surface area (Å²) in [4.78, 5) is 2.62. The van der Waals surface area contributed by atoms with Crippen molar-refractivity contribution in [3.8, 4) is 0 Å². The first-order chi connectivity index (χ1) is 8.35. The van der Waals surface area contributed by atoms with E-state index in [4.69, 9.17) is 5.73 Å². The SMILES string of the molecule is CCN(Cc1ccsc1)C1CCCCC1CN. The maximum atomic E-state index is 5.93. The predicted molar refractivity (Wildman–Crippen MR) is 75.2 cm³/mol. The van der Waals surface area contributed by atoms with Gasteiger partial charge in [0.15, 0.2) is 0 Å². The van der Waals surface area contributed by atoms with E-state index in [1.165, 1.54) is 31.2 Å². The van der Waals surface area contributed by atoms with Gasteiger partial charge in [-0.15, -0.1) is 0 Å². The van der Waals surface area contributed by atoms with Gasteiger partial charge in [-0.2, -0.15) is 11.3 Å². The molecular formula is C14H24N2S. The lowest BCUT2D eigenvalue weighted by Crippen LogP contribution is -2.44. The van der Waals surface area contributed by atoms with Gasteiger partial charge in [-0.3, -0.25) is 4.90 Å². The van der Waals surface area contributed by atoms with Crippen molar-refractivity contribution in [3.05, 3.63) is 22.4 Å². The van der Waals surface area contributed by atoms with Gasteiger partial charge in [-0.1, -0.05) is 19.8 Å². The van der Waals surface area contributed by atoms with E-state index in [2.05, 4.69) is 28.7 Å². The first kappa shape index (κ1) is 13.1. The zero-order valence-corrected chi connectivity index (χ0v) is 11.6. The second-order valence-electron chi connectivity index (χ2n) is 5.04. The molecule has 17 heavy (non-hydrogen) atoms. The molecule has 0 aromatic carbocycles. The fraction of sp³-hybridized carbons (Fsp3) is 0.714. The molecule has 1 fully saturated rings. The number of rotatable bonds is 5. The van der Waals surface area contributed by atoms with Crippen LogP contribution in [0.1, 0.15) is 38.2 Å². The molecule has 2 N–H and O–H groups in total. The standard InChI is InChI=1S/C14H24N2S/c1-2-16(10-12-7-8-17-11-12)14-6-4-3-5-13(14)9-15/h7-8,11,13-14H,2-6,9-10,15H2,1H3. The molecule has 2 unspecified atom stereocenters. The van der Waals surface area contributed by atoms with E-state index < -0.39 is 0 Å². The number of hydrogen-bond donors (Lipinski definition) is 1. The molecule has 1 aliphatic rings. The van der Waals surface area contributed by atoms with E-state index in [1.54, 1.807) is 11.3 Å². The van der Waals surface area contributed by atoms with Crippen LogP contribution in [0.4, 0.5) is 0 Å². The van der Waals surface area contributed by atoms with Gasteiger partial charge in [0.1, 0.15) is 0 Å². The van der Waals surface area contributed by atoms with Crippen LogP contribution in [-0.4, -0.2) is 24.0 Å². The van der Waals surface area contributed by atoms with Crippen molar-refractivity contribution < 1.29 is 0 Å². The first-order valence-corrected chi connectivity index (χ1v) is 7.74. The van der Waals surface area contributed by atoms with Gasteiger partial charge in [0.05, 0.1) is 0 Å². The van der Waals surface area contributed by atoms with Crippen LogP contribution in [0.15, 0.2) is 16.8 Å². The van der Waals surface area contributed by atoms with Crippen molar-refractivity contribution in [2.75, 3.05) is 13.1 Å². The Morgan fingerprint density at radius 3 is 2.88 bits per heavy atom. The topological polar surface area (TPSA) is 29.3 Å². The number of thiophene rings is 1. The first-order valence-electron chi connectivity index (χ1n) is 6.80. The van der Waals surface area contributed by atoms with Crippen LogP contribution in [0.3, 0.4) is 0 Å². The summed E-state index contributed by atoms with van der Waals surface area (Å²) in [5, 5.41) is 4.44. The third-order valence-corrected chi connectivity index (χ3v) is 4.74. The van der Waals surface area contributed by atoms with Crippen LogP contribution in [-0.2, 0) is 6.54 Å². The highest BCUT2D eigenvalue weighted by atomic mass is 32.1. The zero-order valence-electron chi connectivity index (χ0n) is 10.8. The van der Waals surface area contributed by atoms with Crippen molar-refractivity contribution >= 4 is 11.3 Å². The minimum absolute atomic E-state index is 0.707. The van der Waals surface area contributed by atoms with Gasteiger partial charge in [0, 0.05) is 12.6 Å². The molecule has 0 amide bonds. The van der Waals surface area contributed by atoms with Crippen molar-refractivity contribution in [3.63, 3.8) is 0 Å². The smallest absolute Gasteiger partial charge is 0.0244 e. The number of nitrogens with two attached hydrogens (primary N) is 1. The van der Waals surface area contributed by atoms with Crippen LogP contribution >= 0.6 is 11.3 Å². The molecule has 1 aliphatic carbocycles. The summed E-state index contributed by atoms with van der Waals surface area (Å²) in [6.45, 7) is 5.36. The van der Waals surface area contributed by atoms with E-state index in [0.717, 1.165) is 19.6 Å². The lowest BCUT2D eigenvalue weighted by molar-refractivity contribution is 0.106. The van der Waals surface area contributed by atoms with Crippen LogP contribution in [0.5, 0.6) is 0 Å². The molecule has 96 valence electrons. The van der Waals surface area contributed by atoms with Crippen LogP contribution in [0, 0.1) is 5.92 Å². The average molecular weight is 252 g/mol. The summed E-state index contributed by atoms with van der Waals surface area (Å²) in [6, 6.07) is 2.95. The maximum Gasteiger partial charge on any atom is 0.0244 e. The van der Waals surface area contributed by atoms with Gasteiger partial charge in [-0.25, -0.2) is 0 Å². The average Bonchev–Trinajstić information content (AvgIpc) is 2.89. The van der Waals surface area contributed by atoms with Crippen LogP contribution in [0.25, 0.3) is 0 Å². The number of hydrogen-bond acceptors (Lipinski definition) is 3. The summed E-state index contributed by atoms with van der Waals surface area (Å²) >= 11 is 1.79. The largest absolute Gasteiger partial charge is 0.330 e. The third-order valence-electron chi connectivity index (χ3n) is 4.01. The Kier molecular flexibility index (Phi) is 5.01. The molecule has 1 saturated carbocycles. The van der Waals surface area contributed by atoms with Gasteiger partial charge < -0.3 is 5.73 Å². The Morgan fingerprint density at radius 2 is 2.24 bits per heavy atom. The lowest BCUT2D eigenvalue weighted by Gasteiger charge is -2.39. The minimum atomic E-state index is 0.707. The molecule has 1 heterocycles. The second-order valence-corrected chi connectivity index (χ2v) is 5.82. The maximum absolute atomic E-state index is 5.93. The fourth-order valence-corrected chi connectivity index (χ4v) is 3.68. The predicted octanol–water partition coefficient (Wildman–Crippen LogP) is 3.09. The third kappa shape index (κ3) is 3.30. The Balaban J connectivity index is 2.00.